The maximum Gasteiger partial charge on any atom is 0.243 e. The second-order valence-corrected chi connectivity index (χ2v) is 10.5. The number of nitrogens with zero attached hydrogens (tertiary/aromatic N) is 1. The van der Waals surface area contributed by atoms with Gasteiger partial charge in [-0.3, -0.25) is 0 Å². The molecule has 0 amide bonds. The summed E-state index contributed by atoms with van der Waals surface area (Å²) in [6.07, 6.45) is 1.03. The fourth-order valence-corrected chi connectivity index (χ4v) is 6.45. The van der Waals surface area contributed by atoms with Crippen LogP contribution in [0.15, 0.2) is 29.2 Å². The van der Waals surface area contributed by atoms with E-state index in [1.807, 2.05) is 19.1 Å². The van der Waals surface area contributed by atoms with Gasteiger partial charge in [-0.1, -0.05) is 32.9 Å². The molecule has 0 radical (unpaired) electrons. The molecule has 0 aliphatic carbocycles. The van der Waals surface area contributed by atoms with Crippen LogP contribution in [-0.2, 0) is 19.9 Å². The zero-order chi connectivity index (χ0) is 17.3. The average Bonchev–Trinajstić information content (AvgIpc) is 2.84. The molecule has 0 spiro atoms. The summed E-state index contributed by atoms with van der Waals surface area (Å²) in [5.74, 6) is 0.328. The van der Waals surface area contributed by atoms with Crippen LogP contribution in [0.25, 0.3) is 0 Å². The molecule has 1 aliphatic rings. The van der Waals surface area contributed by atoms with Crippen molar-refractivity contribution in [3.8, 4) is 0 Å². The first-order valence-electron chi connectivity index (χ1n) is 7.99. The van der Waals surface area contributed by atoms with Gasteiger partial charge in [-0.15, -0.1) is 0 Å². The summed E-state index contributed by atoms with van der Waals surface area (Å²) in [4.78, 5) is 0.236. The third kappa shape index (κ3) is 4.14. The Hall–Kier alpha value is -0.920. The monoisotopic (exact) mass is 359 g/mol. The van der Waals surface area contributed by atoms with Crippen LogP contribution in [0, 0.1) is 0 Å². The van der Waals surface area contributed by atoms with Crippen LogP contribution in [0.5, 0.6) is 0 Å². The Bertz CT molecular complexity index is 737. The van der Waals surface area contributed by atoms with Crippen LogP contribution >= 0.6 is 0 Å². The van der Waals surface area contributed by atoms with Crippen molar-refractivity contribution in [2.24, 2.45) is 0 Å². The summed E-state index contributed by atoms with van der Waals surface area (Å²) in [5.41, 5.74) is 1.08. The van der Waals surface area contributed by atoms with Crippen molar-refractivity contribution in [1.82, 2.24) is 4.31 Å². The summed E-state index contributed by atoms with van der Waals surface area (Å²) in [7, 11) is -6.80. The lowest BCUT2D eigenvalue weighted by Crippen LogP contribution is -2.41. The van der Waals surface area contributed by atoms with Gasteiger partial charge in [0.15, 0.2) is 9.84 Å². The van der Waals surface area contributed by atoms with Crippen LogP contribution in [0.1, 0.15) is 45.1 Å². The van der Waals surface area contributed by atoms with Crippen molar-refractivity contribution in [3.05, 3.63) is 29.8 Å². The number of hydrogen-bond donors (Lipinski definition) is 0. The van der Waals surface area contributed by atoms with Crippen molar-refractivity contribution >= 4 is 19.9 Å². The first-order chi connectivity index (χ1) is 10.7. The van der Waals surface area contributed by atoms with E-state index in [1.165, 1.54) is 4.31 Å². The number of sulfone groups is 1. The van der Waals surface area contributed by atoms with Gasteiger partial charge < -0.3 is 0 Å². The molecular formula is C16H25NO4S2. The molecule has 0 bridgehead atoms. The second-order valence-electron chi connectivity index (χ2n) is 6.40. The normalized spacial score (nSPS) is 21.2. The zero-order valence-corrected chi connectivity index (χ0v) is 15.5. The van der Waals surface area contributed by atoms with E-state index in [-0.39, 0.29) is 16.4 Å². The van der Waals surface area contributed by atoms with E-state index < -0.39 is 25.9 Å². The molecule has 1 aromatic rings. The number of sulfonamides is 1. The molecule has 1 saturated heterocycles. The molecule has 0 saturated carbocycles. The molecule has 23 heavy (non-hydrogen) atoms. The highest BCUT2D eigenvalue weighted by Crippen LogP contribution is 2.26. The van der Waals surface area contributed by atoms with Crippen LogP contribution < -0.4 is 0 Å². The summed E-state index contributed by atoms with van der Waals surface area (Å²) < 4.78 is 50.7. The highest BCUT2D eigenvalue weighted by molar-refractivity contribution is 7.92. The molecule has 5 nitrogen and oxygen atoms in total. The van der Waals surface area contributed by atoms with Gasteiger partial charge in [-0.05, 0) is 36.5 Å². The lowest BCUT2D eigenvalue weighted by atomic mass is 10.0. The second kappa shape index (κ2) is 6.91. The van der Waals surface area contributed by atoms with Crippen molar-refractivity contribution in [2.75, 3.05) is 18.1 Å². The van der Waals surface area contributed by atoms with Crippen molar-refractivity contribution in [2.45, 2.75) is 50.5 Å². The molecule has 130 valence electrons. The van der Waals surface area contributed by atoms with Crippen LogP contribution in [0.3, 0.4) is 0 Å². The smallest absolute Gasteiger partial charge is 0.229 e. The van der Waals surface area contributed by atoms with Gasteiger partial charge in [0, 0.05) is 12.6 Å². The third-order valence-electron chi connectivity index (χ3n) is 4.21. The molecule has 1 fully saturated rings. The van der Waals surface area contributed by atoms with E-state index in [4.69, 9.17) is 0 Å². The largest absolute Gasteiger partial charge is 0.243 e. The number of hydrogen-bond acceptors (Lipinski definition) is 4. The highest BCUT2D eigenvalue weighted by atomic mass is 32.2. The van der Waals surface area contributed by atoms with Crippen molar-refractivity contribution in [3.63, 3.8) is 0 Å². The van der Waals surface area contributed by atoms with Gasteiger partial charge in [0.05, 0.1) is 16.4 Å². The fraction of sp³-hybridized carbons (Fsp3) is 0.625. The van der Waals surface area contributed by atoms with Crippen molar-refractivity contribution < 1.29 is 16.8 Å². The third-order valence-corrected chi connectivity index (χ3v) is 7.93. The topological polar surface area (TPSA) is 71.5 Å². The molecule has 0 unspecified atom stereocenters. The molecule has 1 aliphatic heterocycles. The molecular weight excluding hydrogens is 334 g/mol. The van der Waals surface area contributed by atoms with Gasteiger partial charge >= 0.3 is 0 Å². The Labute approximate surface area is 139 Å². The maximum absolute atomic E-state index is 12.9. The highest BCUT2D eigenvalue weighted by Gasteiger charge is 2.38. The Morgan fingerprint density at radius 3 is 2.26 bits per heavy atom. The summed E-state index contributed by atoms with van der Waals surface area (Å²) in [5, 5.41) is 0. The summed E-state index contributed by atoms with van der Waals surface area (Å²) in [6.45, 7) is 6.34. The molecule has 1 aromatic carbocycles. The predicted molar refractivity (Wildman–Crippen MR) is 91.8 cm³/mol. The van der Waals surface area contributed by atoms with E-state index in [2.05, 4.69) is 13.8 Å². The van der Waals surface area contributed by atoms with E-state index in [0.717, 1.165) is 5.56 Å². The minimum absolute atomic E-state index is 0.0691. The minimum Gasteiger partial charge on any atom is -0.229 e. The minimum atomic E-state index is -3.67. The zero-order valence-electron chi connectivity index (χ0n) is 13.9. The Morgan fingerprint density at radius 1 is 1.22 bits per heavy atom. The summed E-state index contributed by atoms with van der Waals surface area (Å²) >= 11 is 0. The van der Waals surface area contributed by atoms with E-state index in [0.29, 0.717) is 25.3 Å². The van der Waals surface area contributed by atoms with Gasteiger partial charge in [0.1, 0.15) is 0 Å². The quantitative estimate of drug-likeness (QED) is 0.782. The van der Waals surface area contributed by atoms with Gasteiger partial charge in [0.2, 0.25) is 10.0 Å². The standard InChI is InChI=1S/C16H25NO4S2/c1-4-10-17(15-9-11-22(18,19)12-15)23(20,21)16-7-5-14(6-8-16)13(2)3/h5-8,13,15H,4,9-12H2,1-3H3/t15-/m1/s1. The van der Waals surface area contributed by atoms with Crippen LogP contribution in [-0.4, -0.2) is 45.2 Å². The van der Waals surface area contributed by atoms with Crippen LogP contribution in [0.2, 0.25) is 0 Å². The Kier molecular flexibility index (Phi) is 5.53. The van der Waals surface area contributed by atoms with Crippen LogP contribution in [0.4, 0.5) is 0 Å². The summed E-state index contributed by atoms with van der Waals surface area (Å²) in [6, 6.07) is 6.45. The lowest BCUT2D eigenvalue weighted by Gasteiger charge is -2.27. The Morgan fingerprint density at radius 2 is 1.83 bits per heavy atom. The lowest BCUT2D eigenvalue weighted by molar-refractivity contribution is 0.340. The number of benzene rings is 1. The molecule has 0 N–H and O–H groups in total. The van der Waals surface area contributed by atoms with E-state index >= 15 is 0 Å². The Balaban J connectivity index is 2.33. The van der Waals surface area contributed by atoms with E-state index in [9.17, 15) is 16.8 Å². The SMILES string of the molecule is CCCN([C@@H]1CCS(=O)(=O)C1)S(=O)(=O)c1ccc(C(C)C)cc1. The first kappa shape index (κ1) is 18.4. The number of rotatable bonds is 6. The molecule has 2 rings (SSSR count). The fourth-order valence-electron chi connectivity index (χ4n) is 2.88. The average molecular weight is 360 g/mol. The first-order valence-corrected chi connectivity index (χ1v) is 11.3. The van der Waals surface area contributed by atoms with Crippen molar-refractivity contribution in [1.29, 1.82) is 0 Å². The van der Waals surface area contributed by atoms with Gasteiger partial charge in [-0.2, -0.15) is 4.31 Å². The van der Waals surface area contributed by atoms with Gasteiger partial charge in [-0.25, -0.2) is 16.8 Å². The molecule has 1 atom stereocenters. The molecule has 1 heterocycles. The molecule has 7 heteroatoms. The maximum atomic E-state index is 12.9. The molecule has 0 aromatic heterocycles. The van der Waals surface area contributed by atoms with E-state index in [1.54, 1.807) is 12.1 Å². The predicted octanol–water partition coefficient (Wildman–Crippen LogP) is 2.40. The van der Waals surface area contributed by atoms with Gasteiger partial charge in [0.25, 0.3) is 0 Å².